The third-order valence-corrected chi connectivity index (χ3v) is 12.3. The molecule has 0 aromatic carbocycles. The number of hydrogen-bond acceptors (Lipinski definition) is 6. The summed E-state index contributed by atoms with van der Waals surface area (Å²) in [7, 11) is 0. The normalized spacial score (nSPS) is 13.2. The lowest BCUT2D eigenvalue weighted by molar-refractivity contribution is -0.167. The van der Waals surface area contributed by atoms with Crippen LogP contribution in [0.5, 0.6) is 0 Å². The highest BCUT2D eigenvalue weighted by Crippen LogP contribution is 2.14. The Balaban J connectivity index is 4.24. The van der Waals surface area contributed by atoms with E-state index in [1.54, 1.807) is 0 Å². The summed E-state index contributed by atoms with van der Waals surface area (Å²) >= 11 is 0. The molecule has 0 saturated heterocycles. The first-order valence-electron chi connectivity index (χ1n) is 30.3. The summed E-state index contributed by atoms with van der Waals surface area (Å²) in [4.78, 5) is 38.0. The number of carbonyl (C=O) groups is 3. The van der Waals surface area contributed by atoms with Gasteiger partial charge in [0.25, 0.3) is 0 Å². The van der Waals surface area contributed by atoms with Crippen molar-refractivity contribution in [2.24, 2.45) is 0 Å². The lowest BCUT2D eigenvalue weighted by atomic mass is 10.1. The van der Waals surface area contributed by atoms with Crippen LogP contribution in [-0.4, -0.2) is 37.2 Å². The molecular formula is C69H110O6. The van der Waals surface area contributed by atoms with Gasteiger partial charge in [0, 0.05) is 19.3 Å². The fourth-order valence-corrected chi connectivity index (χ4v) is 7.80. The molecule has 0 aromatic heterocycles. The average molecular weight is 1040 g/mol. The molecule has 0 rings (SSSR count). The molecule has 1 unspecified atom stereocenters. The van der Waals surface area contributed by atoms with Gasteiger partial charge in [0.15, 0.2) is 6.10 Å². The molecule has 6 heteroatoms. The molecule has 6 nitrogen and oxygen atoms in total. The van der Waals surface area contributed by atoms with Crippen molar-refractivity contribution in [3.8, 4) is 0 Å². The summed E-state index contributed by atoms with van der Waals surface area (Å²) in [5, 5.41) is 0. The van der Waals surface area contributed by atoms with Crippen LogP contribution < -0.4 is 0 Å². The number of unbranched alkanes of at least 4 members (excludes halogenated alkanes) is 18. The van der Waals surface area contributed by atoms with Gasteiger partial charge in [-0.05, 0) is 122 Å². The molecule has 0 aliphatic rings. The molecule has 0 radical (unpaired) electrons. The first kappa shape index (κ1) is 70.3. The second kappa shape index (κ2) is 61.8. The van der Waals surface area contributed by atoms with Gasteiger partial charge < -0.3 is 14.2 Å². The van der Waals surface area contributed by atoms with E-state index < -0.39 is 6.10 Å². The molecule has 422 valence electrons. The van der Waals surface area contributed by atoms with Gasteiger partial charge in [-0.2, -0.15) is 0 Å². The van der Waals surface area contributed by atoms with Crippen LogP contribution in [0.3, 0.4) is 0 Å². The van der Waals surface area contributed by atoms with E-state index >= 15 is 0 Å². The van der Waals surface area contributed by atoms with Crippen LogP contribution >= 0.6 is 0 Å². The second-order valence-electron chi connectivity index (χ2n) is 19.5. The van der Waals surface area contributed by atoms with E-state index in [4.69, 9.17) is 14.2 Å². The van der Waals surface area contributed by atoms with Crippen LogP contribution in [0.25, 0.3) is 0 Å². The second-order valence-corrected chi connectivity index (χ2v) is 19.5. The highest BCUT2D eigenvalue weighted by atomic mass is 16.6. The van der Waals surface area contributed by atoms with Gasteiger partial charge in [-0.1, -0.05) is 256 Å². The zero-order chi connectivity index (χ0) is 54.3. The molecular weight excluding hydrogens is 925 g/mol. The Morgan fingerprint density at radius 3 is 0.867 bits per heavy atom. The van der Waals surface area contributed by atoms with Crippen LogP contribution in [0.1, 0.15) is 252 Å². The lowest BCUT2D eigenvalue weighted by Gasteiger charge is -2.18. The highest BCUT2D eigenvalue weighted by Gasteiger charge is 2.19. The van der Waals surface area contributed by atoms with Crippen molar-refractivity contribution in [2.45, 2.75) is 258 Å². The van der Waals surface area contributed by atoms with Crippen LogP contribution in [0.2, 0.25) is 0 Å². The minimum Gasteiger partial charge on any atom is -0.462 e. The van der Waals surface area contributed by atoms with Crippen molar-refractivity contribution in [3.63, 3.8) is 0 Å². The highest BCUT2D eigenvalue weighted by molar-refractivity contribution is 5.71. The topological polar surface area (TPSA) is 78.9 Å². The molecule has 0 fully saturated rings. The Hall–Kier alpha value is -4.71. The quantitative estimate of drug-likeness (QED) is 0.0261. The fourth-order valence-electron chi connectivity index (χ4n) is 7.80. The van der Waals surface area contributed by atoms with Crippen molar-refractivity contribution < 1.29 is 28.6 Å². The van der Waals surface area contributed by atoms with Crippen molar-refractivity contribution in [3.05, 3.63) is 146 Å². The van der Waals surface area contributed by atoms with Crippen molar-refractivity contribution >= 4 is 17.9 Å². The van der Waals surface area contributed by atoms with E-state index in [2.05, 4.69) is 167 Å². The maximum absolute atomic E-state index is 12.8. The largest absolute Gasteiger partial charge is 0.462 e. The Morgan fingerprint density at radius 2 is 0.547 bits per heavy atom. The first-order chi connectivity index (χ1) is 37.0. The minimum absolute atomic E-state index is 0.0946. The predicted molar refractivity (Wildman–Crippen MR) is 325 cm³/mol. The van der Waals surface area contributed by atoms with Gasteiger partial charge in [-0.15, -0.1) is 0 Å². The third kappa shape index (κ3) is 60.0. The number of carbonyl (C=O) groups excluding carboxylic acids is 3. The van der Waals surface area contributed by atoms with Gasteiger partial charge in [0.1, 0.15) is 13.2 Å². The van der Waals surface area contributed by atoms with E-state index in [0.717, 1.165) is 167 Å². The maximum atomic E-state index is 12.8. The summed E-state index contributed by atoms with van der Waals surface area (Å²) in [5.41, 5.74) is 0. The first-order valence-corrected chi connectivity index (χ1v) is 30.3. The van der Waals surface area contributed by atoms with Crippen LogP contribution in [-0.2, 0) is 28.6 Å². The van der Waals surface area contributed by atoms with E-state index in [1.807, 2.05) is 0 Å². The van der Waals surface area contributed by atoms with E-state index in [0.29, 0.717) is 19.3 Å². The van der Waals surface area contributed by atoms with Crippen LogP contribution in [0, 0.1) is 0 Å². The Labute approximate surface area is 461 Å². The average Bonchev–Trinajstić information content (AvgIpc) is 3.41. The number of hydrogen-bond donors (Lipinski definition) is 0. The monoisotopic (exact) mass is 1030 g/mol. The van der Waals surface area contributed by atoms with Crippen LogP contribution in [0.4, 0.5) is 0 Å². The van der Waals surface area contributed by atoms with E-state index in [1.165, 1.54) is 44.9 Å². The number of rotatable bonds is 53. The van der Waals surface area contributed by atoms with E-state index in [-0.39, 0.29) is 31.1 Å². The SMILES string of the molecule is CC/C=C\C/C=C\C/C=C\C/C=C\C/C=C\C/C=C\C/C=C\C/C=C\C/C=C\C/C=C\CCCCCCC(=O)OCC(COC(=O)CCCCCCCCCCC)OC(=O)CCCCCCC/C=C\C/C=C\CCC. The smallest absolute Gasteiger partial charge is 0.306 e. The van der Waals surface area contributed by atoms with Gasteiger partial charge in [-0.25, -0.2) is 0 Å². The molecule has 75 heavy (non-hydrogen) atoms. The Morgan fingerprint density at radius 1 is 0.280 bits per heavy atom. The molecule has 0 bridgehead atoms. The molecule has 0 heterocycles. The standard InChI is InChI=1S/C69H110O6/c1-4-7-10-13-16-19-21-23-24-25-26-27-28-29-30-31-32-33-34-35-36-37-38-39-40-41-42-43-44-46-47-50-53-56-59-62-68(71)74-65-66(64-73-67(70)61-58-55-52-49-18-15-12-9-6-3)75-69(72)63-60-57-54-51-48-45-22-20-17-14-11-8-5-2/h7,10-11,14,16,19-20,22-24,26-27,29-30,32-33,35-36,38-39,41-42,44,46,66H,4-6,8-9,12-13,15,17-18,21,25,28,31,34,37,40,43,45,47-65H2,1-3H3/b10-7-,14-11-,19-16-,22-20-,24-23-,27-26-,30-29-,33-32-,36-35-,39-38-,42-41-,46-44-. The Kier molecular flexibility index (Phi) is 58.0. The molecule has 0 aliphatic heterocycles. The van der Waals surface area contributed by atoms with Crippen molar-refractivity contribution in [1.29, 1.82) is 0 Å². The van der Waals surface area contributed by atoms with E-state index in [9.17, 15) is 14.4 Å². The summed E-state index contributed by atoms with van der Waals surface area (Å²) in [6.45, 7) is 6.39. The molecule has 0 N–H and O–H groups in total. The molecule has 0 saturated carbocycles. The summed E-state index contributed by atoms with van der Waals surface area (Å²) in [5.74, 6) is -0.944. The summed E-state index contributed by atoms with van der Waals surface area (Å²) in [6, 6.07) is 0. The van der Waals surface area contributed by atoms with Gasteiger partial charge in [0.2, 0.25) is 0 Å². The Bertz CT molecular complexity index is 1660. The number of ether oxygens (including phenoxy) is 3. The van der Waals surface area contributed by atoms with Crippen molar-refractivity contribution in [2.75, 3.05) is 13.2 Å². The third-order valence-electron chi connectivity index (χ3n) is 12.3. The maximum Gasteiger partial charge on any atom is 0.306 e. The zero-order valence-corrected chi connectivity index (χ0v) is 48.3. The molecule has 1 atom stereocenters. The number of allylic oxidation sites excluding steroid dienone is 24. The van der Waals surface area contributed by atoms with Gasteiger partial charge in [0.05, 0.1) is 0 Å². The fraction of sp³-hybridized carbons (Fsp3) is 0.609. The molecule has 0 aromatic rings. The summed E-state index contributed by atoms with van der Waals surface area (Å²) < 4.78 is 16.8. The molecule has 0 amide bonds. The zero-order valence-electron chi connectivity index (χ0n) is 48.3. The lowest BCUT2D eigenvalue weighted by Crippen LogP contribution is -2.30. The number of esters is 3. The molecule has 0 spiro atoms. The summed E-state index contributed by atoms with van der Waals surface area (Å²) in [6.07, 6.45) is 88.6. The minimum atomic E-state index is -0.798. The van der Waals surface area contributed by atoms with Crippen molar-refractivity contribution in [1.82, 2.24) is 0 Å². The van der Waals surface area contributed by atoms with Crippen LogP contribution in [0.15, 0.2) is 146 Å². The predicted octanol–water partition coefficient (Wildman–Crippen LogP) is 20.8. The van der Waals surface area contributed by atoms with Gasteiger partial charge >= 0.3 is 17.9 Å². The van der Waals surface area contributed by atoms with Gasteiger partial charge in [-0.3, -0.25) is 14.4 Å². The molecule has 0 aliphatic carbocycles.